The maximum atomic E-state index is 12.7. The Morgan fingerprint density at radius 3 is 1.76 bits per heavy atom. The van der Waals surface area contributed by atoms with E-state index < -0.39 is 22.9 Å². The first-order valence-electron chi connectivity index (χ1n) is 10.0. The van der Waals surface area contributed by atoms with Gasteiger partial charge in [0, 0.05) is 37.8 Å². The SMILES string of the molecule is CN(Cc1ccc(Cl)cc1)c1c(N(C)Cc2ccc(-c3noc(C(F)(F)F)n3)cc2)c(=O)c1=O. The summed E-state index contributed by atoms with van der Waals surface area (Å²) in [6.45, 7) is 0.717. The van der Waals surface area contributed by atoms with Gasteiger partial charge in [-0.1, -0.05) is 53.2 Å². The fraction of sp³-hybridized carbons (Fsp3) is 0.217. The number of nitrogens with zero attached hydrogens (tertiary/aromatic N) is 4. The number of rotatable bonds is 7. The molecule has 0 fully saturated rings. The molecule has 0 saturated carbocycles. The van der Waals surface area contributed by atoms with Crippen LogP contribution in [0, 0.1) is 0 Å². The molecule has 1 aromatic heterocycles. The Balaban J connectivity index is 1.48. The van der Waals surface area contributed by atoms with Gasteiger partial charge in [0.2, 0.25) is 5.82 Å². The molecule has 0 N–H and O–H groups in total. The van der Waals surface area contributed by atoms with Crippen LogP contribution >= 0.6 is 11.6 Å². The molecule has 34 heavy (non-hydrogen) atoms. The van der Waals surface area contributed by atoms with Crippen LogP contribution in [0.4, 0.5) is 24.5 Å². The maximum Gasteiger partial charge on any atom is 0.471 e. The molecule has 0 aliphatic heterocycles. The topological polar surface area (TPSA) is 79.5 Å². The van der Waals surface area contributed by atoms with Crippen LogP contribution in [0.1, 0.15) is 17.0 Å². The van der Waals surface area contributed by atoms with Crippen LogP contribution < -0.4 is 20.7 Å². The number of anilines is 2. The zero-order valence-corrected chi connectivity index (χ0v) is 18.8. The Morgan fingerprint density at radius 1 is 0.853 bits per heavy atom. The summed E-state index contributed by atoms with van der Waals surface area (Å²) in [5.74, 6) is -1.59. The molecule has 0 atom stereocenters. The Morgan fingerprint density at radius 2 is 1.32 bits per heavy atom. The summed E-state index contributed by atoms with van der Waals surface area (Å²) in [4.78, 5) is 31.4. The van der Waals surface area contributed by atoms with E-state index in [2.05, 4.69) is 14.7 Å². The minimum atomic E-state index is -4.72. The van der Waals surface area contributed by atoms with Crippen molar-refractivity contribution in [3.05, 3.63) is 91.0 Å². The van der Waals surface area contributed by atoms with E-state index in [1.807, 2.05) is 12.1 Å². The number of alkyl halides is 3. The van der Waals surface area contributed by atoms with E-state index in [0.29, 0.717) is 35.1 Å². The molecular weight excluding hydrogens is 473 g/mol. The highest BCUT2D eigenvalue weighted by atomic mass is 35.5. The van der Waals surface area contributed by atoms with Crippen LogP contribution in [0.15, 0.2) is 62.6 Å². The van der Waals surface area contributed by atoms with Gasteiger partial charge in [-0.2, -0.15) is 18.2 Å². The molecule has 0 aliphatic rings. The third-order valence-corrected chi connectivity index (χ3v) is 5.51. The van der Waals surface area contributed by atoms with Gasteiger partial charge in [0.1, 0.15) is 11.4 Å². The van der Waals surface area contributed by atoms with Crippen LogP contribution in [0.5, 0.6) is 0 Å². The van der Waals surface area contributed by atoms with Gasteiger partial charge in [0.25, 0.3) is 10.9 Å². The summed E-state index contributed by atoms with van der Waals surface area (Å²) in [7, 11) is 3.43. The van der Waals surface area contributed by atoms with E-state index in [1.54, 1.807) is 60.3 Å². The smallest absolute Gasteiger partial charge is 0.365 e. The van der Waals surface area contributed by atoms with Crippen molar-refractivity contribution in [3.8, 4) is 11.4 Å². The van der Waals surface area contributed by atoms with Crippen molar-refractivity contribution in [2.24, 2.45) is 0 Å². The van der Waals surface area contributed by atoms with E-state index in [9.17, 15) is 22.8 Å². The van der Waals surface area contributed by atoms with Crippen molar-refractivity contribution in [2.75, 3.05) is 23.9 Å². The third kappa shape index (κ3) is 4.67. The normalized spacial score (nSPS) is 11.7. The lowest BCUT2D eigenvalue weighted by molar-refractivity contribution is -0.159. The molecule has 3 aromatic carbocycles. The molecule has 11 heteroatoms. The lowest BCUT2D eigenvalue weighted by Gasteiger charge is -2.28. The Bertz CT molecular complexity index is 1370. The molecule has 0 amide bonds. The standard InChI is InChI=1S/C23H18ClF3N4O3/c1-30(11-13-3-7-15(8-4-13)21-28-22(34-29-21)23(25,26)27)17-18(20(33)19(17)32)31(2)12-14-5-9-16(24)10-6-14/h3-10H,11-12H2,1-2H3. The number of benzene rings is 2. The molecule has 0 spiro atoms. The van der Waals surface area contributed by atoms with Crippen molar-refractivity contribution in [3.63, 3.8) is 0 Å². The van der Waals surface area contributed by atoms with E-state index in [0.717, 1.165) is 11.1 Å². The van der Waals surface area contributed by atoms with Crippen molar-refractivity contribution in [1.29, 1.82) is 0 Å². The first-order valence-corrected chi connectivity index (χ1v) is 10.4. The minimum Gasteiger partial charge on any atom is -0.365 e. The summed E-state index contributed by atoms with van der Waals surface area (Å²) >= 11 is 5.91. The highest BCUT2D eigenvalue weighted by Crippen LogP contribution is 2.30. The first kappa shape index (κ1) is 23.5. The lowest BCUT2D eigenvalue weighted by Crippen LogP contribution is -2.44. The minimum absolute atomic E-state index is 0.180. The van der Waals surface area contributed by atoms with Gasteiger partial charge in [0.15, 0.2) is 0 Å². The van der Waals surface area contributed by atoms with Gasteiger partial charge in [-0.15, -0.1) is 0 Å². The molecule has 4 aromatic rings. The molecule has 0 unspecified atom stereocenters. The summed E-state index contributed by atoms with van der Waals surface area (Å²) in [6, 6.07) is 13.7. The average Bonchev–Trinajstić information content (AvgIpc) is 3.29. The molecule has 176 valence electrons. The maximum absolute atomic E-state index is 12.7. The largest absolute Gasteiger partial charge is 0.471 e. The highest BCUT2D eigenvalue weighted by Gasteiger charge is 2.38. The van der Waals surface area contributed by atoms with Crippen molar-refractivity contribution in [2.45, 2.75) is 19.3 Å². The van der Waals surface area contributed by atoms with Crippen LogP contribution in [-0.4, -0.2) is 24.2 Å². The van der Waals surface area contributed by atoms with Gasteiger partial charge >= 0.3 is 12.1 Å². The van der Waals surface area contributed by atoms with Crippen molar-refractivity contribution < 1.29 is 17.7 Å². The number of hydrogen-bond acceptors (Lipinski definition) is 7. The number of hydrogen-bond donors (Lipinski definition) is 0. The highest BCUT2D eigenvalue weighted by molar-refractivity contribution is 6.30. The lowest BCUT2D eigenvalue weighted by atomic mass is 10.1. The van der Waals surface area contributed by atoms with Crippen molar-refractivity contribution in [1.82, 2.24) is 10.1 Å². The van der Waals surface area contributed by atoms with E-state index >= 15 is 0 Å². The summed E-state index contributed by atoms with van der Waals surface area (Å²) in [6.07, 6.45) is -4.72. The fourth-order valence-corrected chi connectivity index (χ4v) is 3.71. The second-order valence-electron chi connectivity index (χ2n) is 7.81. The summed E-state index contributed by atoms with van der Waals surface area (Å²) < 4.78 is 42.2. The zero-order chi connectivity index (χ0) is 24.6. The molecule has 0 bridgehead atoms. The Labute approximate surface area is 196 Å². The van der Waals surface area contributed by atoms with Gasteiger partial charge in [-0.05, 0) is 23.3 Å². The Kier molecular flexibility index (Phi) is 6.18. The molecule has 7 nitrogen and oxygen atoms in total. The Hall–Kier alpha value is -3.66. The van der Waals surface area contributed by atoms with Gasteiger partial charge < -0.3 is 14.3 Å². The van der Waals surface area contributed by atoms with Gasteiger partial charge in [-0.25, -0.2) is 0 Å². The predicted molar refractivity (Wildman–Crippen MR) is 122 cm³/mol. The molecular formula is C23H18ClF3N4O3. The van der Waals surface area contributed by atoms with Crippen LogP contribution in [0.25, 0.3) is 11.4 Å². The van der Waals surface area contributed by atoms with Crippen LogP contribution in [0.2, 0.25) is 5.02 Å². The number of halogens is 4. The number of aromatic nitrogens is 2. The molecule has 0 radical (unpaired) electrons. The second-order valence-corrected chi connectivity index (χ2v) is 8.25. The van der Waals surface area contributed by atoms with Crippen molar-refractivity contribution >= 4 is 23.0 Å². The average molecular weight is 491 g/mol. The van der Waals surface area contributed by atoms with Gasteiger partial charge in [-0.3, -0.25) is 9.59 Å². The summed E-state index contributed by atoms with van der Waals surface area (Å²) in [5.41, 5.74) is 1.56. The molecule has 4 rings (SSSR count). The van der Waals surface area contributed by atoms with Crippen LogP contribution in [0.3, 0.4) is 0 Å². The fourth-order valence-electron chi connectivity index (χ4n) is 3.59. The van der Waals surface area contributed by atoms with Gasteiger partial charge in [0.05, 0.1) is 0 Å². The first-order chi connectivity index (χ1) is 16.0. The zero-order valence-electron chi connectivity index (χ0n) is 18.1. The molecule has 0 aliphatic carbocycles. The van der Waals surface area contributed by atoms with E-state index in [-0.39, 0.29) is 5.82 Å². The third-order valence-electron chi connectivity index (χ3n) is 5.26. The van der Waals surface area contributed by atoms with E-state index in [1.165, 1.54) is 0 Å². The van der Waals surface area contributed by atoms with Crippen LogP contribution in [-0.2, 0) is 19.3 Å². The summed E-state index contributed by atoms with van der Waals surface area (Å²) in [5, 5.41) is 3.97. The van der Waals surface area contributed by atoms with E-state index in [4.69, 9.17) is 11.6 Å². The molecule has 1 heterocycles. The predicted octanol–water partition coefficient (Wildman–Crippen LogP) is 4.28. The second kappa shape index (κ2) is 8.94. The molecule has 0 saturated heterocycles. The monoisotopic (exact) mass is 490 g/mol. The quantitative estimate of drug-likeness (QED) is 0.358.